The Kier molecular flexibility index (Phi) is 5.25. The molecule has 0 aliphatic carbocycles. The van der Waals surface area contributed by atoms with Gasteiger partial charge in [-0.15, -0.1) is 0 Å². The first-order valence-corrected chi connectivity index (χ1v) is 10.7. The highest BCUT2D eigenvalue weighted by molar-refractivity contribution is 7.93. The lowest BCUT2D eigenvalue weighted by atomic mass is 10.1. The van der Waals surface area contributed by atoms with Crippen molar-refractivity contribution >= 4 is 32.4 Å². The molecule has 0 saturated carbocycles. The summed E-state index contributed by atoms with van der Waals surface area (Å²) in [4.78, 5) is 13.5. The molecular weight excluding hydrogens is 398 g/mol. The van der Waals surface area contributed by atoms with E-state index in [0.29, 0.717) is 16.8 Å². The minimum absolute atomic E-state index is 0.000477. The SMILES string of the molecule is COc1ccc(S(=O)(=O)N(C(=O)c2ccccc2)c2cccc3ccccc23)cc1. The van der Waals surface area contributed by atoms with Crippen molar-refractivity contribution in [1.82, 2.24) is 0 Å². The Morgan fingerprint density at radius 3 is 2.10 bits per heavy atom. The number of methoxy groups -OCH3 is 1. The van der Waals surface area contributed by atoms with E-state index < -0.39 is 15.9 Å². The number of carbonyl (C=O) groups excluding carboxylic acids is 1. The molecule has 30 heavy (non-hydrogen) atoms. The van der Waals surface area contributed by atoms with E-state index in [1.54, 1.807) is 60.7 Å². The van der Waals surface area contributed by atoms with Crippen LogP contribution >= 0.6 is 0 Å². The molecular formula is C24H19NO4S. The molecule has 0 aliphatic rings. The molecule has 0 saturated heterocycles. The van der Waals surface area contributed by atoms with Crippen molar-refractivity contribution in [2.75, 3.05) is 11.4 Å². The molecule has 0 aromatic heterocycles. The first kappa shape index (κ1) is 19.7. The Balaban J connectivity index is 1.94. The number of sulfonamides is 1. The molecule has 1 amide bonds. The monoisotopic (exact) mass is 417 g/mol. The number of hydrogen-bond acceptors (Lipinski definition) is 4. The van der Waals surface area contributed by atoms with Crippen LogP contribution in [0.3, 0.4) is 0 Å². The smallest absolute Gasteiger partial charge is 0.272 e. The minimum Gasteiger partial charge on any atom is -0.497 e. The second-order valence-corrected chi connectivity index (χ2v) is 8.40. The molecule has 0 heterocycles. The first-order chi connectivity index (χ1) is 14.5. The summed E-state index contributed by atoms with van der Waals surface area (Å²) in [6, 6.07) is 27.0. The van der Waals surface area contributed by atoms with Crippen LogP contribution < -0.4 is 9.04 Å². The first-order valence-electron chi connectivity index (χ1n) is 9.29. The number of nitrogens with zero attached hydrogens (tertiary/aromatic N) is 1. The van der Waals surface area contributed by atoms with E-state index in [-0.39, 0.29) is 10.5 Å². The molecule has 4 rings (SSSR count). The summed E-state index contributed by atoms with van der Waals surface area (Å²) in [6.07, 6.45) is 0. The van der Waals surface area contributed by atoms with Crippen molar-refractivity contribution in [3.05, 3.63) is 103 Å². The summed E-state index contributed by atoms with van der Waals surface area (Å²) in [5.74, 6) is -0.0946. The van der Waals surface area contributed by atoms with Crippen LogP contribution in [0.5, 0.6) is 5.75 Å². The van der Waals surface area contributed by atoms with E-state index in [4.69, 9.17) is 4.74 Å². The van der Waals surface area contributed by atoms with Gasteiger partial charge in [0.05, 0.1) is 17.7 Å². The van der Waals surface area contributed by atoms with Crippen LogP contribution in [0, 0.1) is 0 Å². The third-order valence-corrected chi connectivity index (χ3v) is 6.50. The molecule has 0 fully saturated rings. The molecule has 0 aliphatic heterocycles. The predicted octanol–water partition coefficient (Wildman–Crippen LogP) is 4.88. The zero-order valence-corrected chi connectivity index (χ0v) is 17.0. The van der Waals surface area contributed by atoms with Gasteiger partial charge in [0.15, 0.2) is 0 Å². The Hall–Kier alpha value is -3.64. The quantitative estimate of drug-likeness (QED) is 0.464. The highest BCUT2D eigenvalue weighted by atomic mass is 32.2. The average molecular weight is 417 g/mol. The Labute approximate surface area is 175 Å². The Bertz CT molecular complexity index is 1290. The zero-order valence-electron chi connectivity index (χ0n) is 16.2. The van der Waals surface area contributed by atoms with Gasteiger partial charge in [0, 0.05) is 10.9 Å². The van der Waals surface area contributed by atoms with Gasteiger partial charge in [-0.3, -0.25) is 4.79 Å². The fourth-order valence-electron chi connectivity index (χ4n) is 3.28. The molecule has 0 N–H and O–H groups in total. The molecule has 0 bridgehead atoms. The number of anilines is 1. The van der Waals surface area contributed by atoms with Crippen molar-refractivity contribution < 1.29 is 17.9 Å². The summed E-state index contributed by atoms with van der Waals surface area (Å²) in [5.41, 5.74) is 0.584. The molecule has 150 valence electrons. The lowest BCUT2D eigenvalue weighted by Gasteiger charge is -2.24. The Morgan fingerprint density at radius 1 is 0.767 bits per heavy atom. The van der Waals surface area contributed by atoms with Gasteiger partial charge < -0.3 is 4.74 Å². The van der Waals surface area contributed by atoms with Crippen LogP contribution in [0.15, 0.2) is 102 Å². The van der Waals surface area contributed by atoms with E-state index in [1.165, 1.54) is 19.2 Å². The van der Waals surface area contributed by atoms with Crippen LogP contribution in [-0.2, 0) is 10.0 Å². The van der Waals surface area contributed by atoms with Gasteiger partial charge in [-0.2, -0.15) is 4.31 Å². The lowest BCUT2D eigenvalue weighted by Crippen LogP contribution is -2.37. The van der Waals surface area contributed by atoms with Crippen molar-refractivity contribution in [1.29, 1.82) is 0 Å². The summed E-state index contributed by atoms with van der Waals surface area (Å²) in [6.45, 7) is 0. The number of ether oxygens (including phenoxy) is 1. The van der Waals surface area contributed by atoms with Gasteiger partial charge >= 0.3 is 0 Å². The number of carbonyl (C=O) groups is 1. The van der Waals surface area contributed by atoms with Crippen molar-refractivity contribution in [2.24, 2.45) is 0 Å². The maximum atomic E-state index is 13.7. The topological polar surface area (TPSA) is 63.7 Å². The Morgan fingerprint density at radius 2 is 1.40 bits per heavy atom. The van der Waals surface area contributed by atoms with E-state index in [1.807, 2.05) is 24.3 Å². The summed E-state index contributed by atoms with van der Waals surface area (Å²) in [7, 11) is -2.68. The molecule has 0 atom stereocenters. The summed E-state index contributed by atoms with van der Waals surface area (Å²) in [5, 5.41) is 1.51. The largest absolute Gasteiger partial charge is 0.497 e. The maximum Gasteiger partial charge on any atom is 0.272 e. The molecule has 0 unspecified atom stereocenters. The zero-order chi connectivity index (χ0) is 21.1. The van der Waals surface area contributed by atoms with Gasteiger partial charge in [0.25, 0.3) is 15.9 Å². The van der Waals surface area contributed by atoms with E-state index in [9.17, 15) is 13.2 Å². The fourth-order valence-corrected chi connectivity index (χ4v) is 4.72. The normalized spacial score (nSPS) is 11.2. The average Bonchev–Trinajstić information content (AvgIpc) is 2.80. The van der Waals surface area contributed by atoms with Crippen molar-refractivity contribution in [3.8, 4) is 5.75 Å². The summed E-state index contributed by atoms with van der Waals surface area (Å²) >= 11 is 0. The molecule has 4 aromatic carbocycles. The van der Waals surface area contributed by atoms with Gasteiger partial charge in [-0.1, -0.05) is 54.6 Å². The molecule has 4 aromatic rings. The third-order valence-electron chi connectivity index (χ3n) is 4.79. The van der Waals surface area contributed by atoms with Crippen LogP contribution in [0.1, 0.15) is 10.4 Å². The summed E-state index contributed by atoms with van der Waals surface area (Å²) < 4.78 is 33.3. The second kappa shape index (κ2) is 8.00. The van der Waals surface area contributed by atoms with Crippen molar-refractivity contribution in [3.63, 3.8) is 0 Å². The molecule has 0 spiro atoms. The number of rotatable bonds is 5. The van der Waals surface area contributed by atoms with E-state index in [2.05, 4.69) is 0 Å². The second-order valence-electron chi connectivity index (χ2n) is 6.61. The van der Waals surface area contributed by atoms with Crippen LogP contribution in [0.2, 0.25) is 0 Å². The van der Waals surface area contributed by atoms with Gasteiger partial charge in [0.2, 0.25) is 0 Å². The van der Waals surface area contributed by atoms with Gasteiger partial charge in [-0.05, 0) is 47.9 Å². The van der Waals surface area contributed by atoms with E-state index >= 15 is 0 Å². The molecule has 5 nitrogen and oxygen atoms in total. The highest BCUT2D eigenvalue weighted by Crippen LogP contribution is 2.33. The maximum absolute atomic E-state index is 13.7. The highest BCUT2D eigenvalue weighted by Gasteiger charge is 2.32. The molecule has 6 heteroatoms. The number of amides is 1. The standard InChI is InChI=1S/C24H19NO4S/c1-29-20-14-16-21(17-15-20)30(27,28)25(24(26)19-9-3-2-4-10-19)23-13-7-11-18-8-5-6-12-22(18)23/h2-17H,1H3. The lowest BCUT2D eigenvalue weighted by molar-refractivity contribution is 0.101. The van der Waals surface area contributed by atoms with Crippen LogP contribution in [0.25, 0.3) is 10.8 Å². The minimum atomic E-state index is -4.19. The van der Waals surface area contributed by atoms with Gasteiger partial charge in [0.1, 0.15) is 5.75 Å². The number of hydrogen-bond donors (Lipinski definition) is 0. The predicted molar refractivity (Wildman–Crippen MR) is 117 cm³/mol. The fraction of sp³-hybridized carbons (Fsp3) is 0.0417. The van der Waals surface area contributed by atoms with Gasteiger partial charge in [-0.25, -0.2) is 8.42 Å². The molecule has 0 radical (unpaired) electrons. The number of benzene rings is 4. The van der Waals surface area contributed by atoms with Crippen LogP contribution in [0.4, 0.5) is 5.69 Å². The third kappa shape index (κ3) is 3.53. The number of fused-ring (bicyclic) bond motifs is 1. The van der Waals surface area contributed by atoms with Crippen LogP contribution in [-0.4, -0.2) is 21.4 Å². The van der Waals surface area contributed by atoms with Crippen molar-refractivity contribution in [2.45, 2.75) is 4.90 Å². The van der Waals surface area contributed by atoms with E-state index in [0.717, 1.165) is 9.69 Å².